The predicted octanol–water partition coefficient (Wildman–Crippen LogP) is 3.57. The summed E-state index contributed by atoms with van der Waals surface area (Å²) in [6.07, 6.45) is 1.79. The Bertz CT molecular complexity index is 836. The molecular formula is C23H29N3O3. The average molecular weight is 396 g/mol. The van der Waals surface area contributed by atoms with Gasteiger partial charge in [-0.3, -0.25) is 14.5 Å². The van der Waals surface area contributed by atoms with Gasteiger partial charge in [0.05, 0.1) is 18.2 Å². The minimum atomic E-state index is -0.110. The van der Waals surface area contributed by atoms with Crippen LogP contribution in [0.5, 0.6) is 11.5 Å². The van der Waals surface area contributed by atoms with Crippen molar-refractivity contribution in [1.29, 1.82) is 0 Å². The maximum Gasteiger partial charge on any atom is 0.238 e. The van der Waals surface area contributed by atoms with Crippen molar-refractivity contribution in [2.75, 3.05) is 31.5 Å². The zero-order valence-electron chi connectivity index (χ0n) is 17.1. The Kier molecular flexibility index (Phi) is 7.25. The quantitative estimate of drug-likeness (QED) is 0.752. The lowest BCUT2D eigenvalue weighted by Gasteiger charge is -2.31. The third-order valence-electron chi connectivity index (χ3n) is 5.00. The molecule has 1 atom stereocenters. The fourth-order valence-corrected chi connectivity index (χ4v) is 3.52. The predicted molar refractivity (Wildman–Crippen MR) is 114 cm³/mol. The maximum atomic E-state index is 12.6. The highest BCUT2D eigenvalue weighted by atomic mass is 16.5. The molecule has 1 saturated heterocycles. The number of aryl methyl sites for hydroxylation is 1. The summed E-state index contributed by atoms with van der Waals surface area (Å²) in [6.45, 7) is 6.27. The van der Waals surface area contributed by atoms with Gasteiger partial charge in [-0.25, -0.2) is 0 Å². The van der Waals surface area contributed by atoms with Crippen molar-refractivity contribution in [2.45, 2.75) is 26.7 Å². The molecule has 1 fully saturated rings. The second-order valence-corrected chi connectivity index (χ2v) is 7.43. The standard InChI is InChI=1S/C23H29N3O3/c1-3-24-23(28)18-7-6-14-26(15-18)16-22(27)25-20-8-4-5-9-21(20)29-19-12-10-17(2)11-13-19/h4-5,8-13,18H,3,6-7,14-16H2,1-2H3,(H,24,28)(H,25,27). The molecule has 0 aromatic heterocycles. The zero-order chi connectivity index (χ0) is 20.6. The molecule has 0 spiro atoms. The van der Waals surface area contributed by atoms with Crippen LogP contribution in [0.3, 0.4) is 0 Å². The highest BCUT2D eigenvalue weighted by molar-refractivity contribution is 5.93. The first-order valence-corrected chi connectivity index (χ1v) is 10.2. The van der Waals surface area contributed by atoms with Gasteiger partial charge in [-0.2, -0.15) is 0 Å². The number of hydrogen-bond donors (Lipinski definition) is 2. The van der Waals surface area contributed by atoms with Gasteiger partial charge in [0, 0.05) is 13.1 Å². The lowest BCUT2D eigenvalue weighted by atomic mass is 9.97. The Labute approximate surface area is 172 Å². The first kappa shape index (κ1) is 20.9. The van der Waals surface area contributed by atoms with Crippen molar-refractivity contribution in [1.82, 2.24) is 10.2 Å². The van der Waals surface area contributed by atoms with Crippen LogP contribution >= 0.6 is 0 Å². The molecule has 0 radical (unpaired) electrons. The Hall–Kier alpha value is -2.86. The summed E-state index contributed by atoms with van der Waals surface area (Å²) in [5, 5.41) is 5.83. The lowest BCUT2D eigenvalue weighted by molar-refractivity contribution is -0.127. The molecule has 2 amide bonds. The summed E-state index contributed by atoms with van der Waals surface area (Å²) < 4.78 is 5.95. The van der Waals surface area contributed by atoms with E-state index >= 15 is 0 Å². The lowest BCUT2D eigenvalue weighted by Crippen LogP contribution is -2.45. The second kappa shape index (κ2) is 10.1. The highest BCUT2D eigenvalue weighted by Gasteiger charge is 2.26. The molecule has 0 saturated carbocycles. The van der Waals surface area contributed by atoms with E-state index in [2.05, 4.69) is 10.6 Å². The molecule has 154 valence electrons. The largest absolute Gasteiger partial charge is 0.455 e. The number of para-hydroxylation sites is 2. The molecule has 2 aromatic carbocycles. The van der Waals surface area contributed by atoms with Crippen LogP contribution in [0.4, 0.5) is 5.69 Å². The molecule has 6 nitrogen and oxygen atoms in total. The number of rotatable bonds is 7. The smallest absolute Gasteiger partial charge is 0.238 e. The van der Waals surface area contributed by atoms with Gasteiger partial charge in [-0.15, -0.1) is 0 Å². The van der Waals surface area contributed by atoms with E-state index in [0.29, 0.717) is 24.5 Å². The van der Waals surface area contributed by atoms with Crippen LogP contribution in [0, 0.1) is 12.8 Å². The molecule has 6 heteroatoms. The molecule has 29 heavy (non-hydrogen) atoms. The van der Waals surface area contributed by atoms with Gasteiger partial charge in [0.2, 0.25) is 11.8 Å². The zero-order valence-corrected chi connectivity index (χ0v) is 17.1. The van der Waals surface area contributed by atoms with Crippen molar-refractivity contribution in [2.24, 2.45) is 5.92 Å². The number of piperidine rings is 1. The molecule has 1 unspecified atom stereocenters. The first-order chi connectivity index (χ1) is 14.0. The van der Waals surface area contributed by atoms with E-state index in [4.69, 9.17) is 4.74 Å². The summed E-state index contributed by atoms with van der Waals surface area (Å²) >= 11 is 0. The summed E-state index contributed by atoms with van der Waals surface area (Å²) in [4.78, 5) is 26.8. The number of hydrogen-bond acceptors (Lipinski definition) is 4. The van der Waals surface area contributed by atoms with Crippen molar-refractivity contribution in [3.05, 3.63) is 54.1 Å². The number of nitrogens with zero attached hydrogens (tertiary/aromatic N) is 1. The number of benzene rings is 2. The molecule has 1 aliphatic heterocycles. The van der Waals surface area contributed by atoms with E-state index < -0.39 is 0 Å². The van der Waals surface area contributed by atoms with E-state index in [-0.39, 0.29) is 24.3 Å². The summed E-state index contributed by atoms with van der Waals surface area (Å²) in [5.41, 5.74) is 1.79. The fourth-order valence-electron chi connectivity index (χ4n) is 3.52. The van der Waals surface area contributed by atoms with Gasteiger partial charge in [-0.1, -0.05) is 29.8 Å². The van der Waals surface area contributed by atoms with Gasteiger partial charge in [0.15, 0.2) is 5.75 Å². The van der Waals surface area contributed by atoms with Gasteiger partial charge in [0.1, 0.15) is 5.75 Å². The Morgan fingerprint density at radius 2 is 1.90 bits per heavy atom. The van der Waals surface area contributed by atoms with Crippen molar-refractivity contribution in [3.63, 3.8) is 0 Å². The second-order valence-electron chi connectivity index (χ2n) is 7.43. The van der Waals surface area contributed by atoms with Crippen LogP contribution in [-0.2, 0) is 9.59 Å². The summed E-state index contributed by atoms with van der Waals surface area (Å²) in [6, 6.07) is 15.2. The maximum absolute atomic E-state index is 12.6. The molecule has 1 heterocycles. The summed E-state index contributed by atoms with van der Waals surface area (Å²) in [5.74, 6) is 1.24. The van der Waals surface area contributed by atoms with Gasteiger partial charge >= 0.3 is 0 Å². The Morgan fingerprint density at radius 1 is 1.14 bits per heavy atom. The minimum absolute atomic E-state index is 0.0475. The Morgan fingerprint density at radius 3 is 2.66 bits per heavy atom. The topological polar surface area (TPSA) is 70.7 Å². The first-order valence-electron chi connectivity index (χ1n) is 10.2. The molecule has 1 aliphatic rings. The van der Waals surface area contributed by atoms with E-state index in [1.807, 2.05) is 67.3 Å². The van der Waals surface area contributed by atoms with Crippen LogP contribution in [-0.4, -0.2) is 42.9 Å². The molecule has 3 rings (SSSR count). The van der Waals surface area contributed by atoms with Gasteiger partial charge in [0.25, 0.3) is 0 Å². The molecule has 2 N–H and O–H groups in total. The normalized spacial score (nSPS) is 16.8. The minimum Gasteiger partial charge on any atom is -0.455 e. The highest BCUT2D eigenvalue weighted by Crippen LogP contribution is 2.29. The monoisotopic (exact) mass is 395 g/mol. The molecule has 2 aromatic rings. The van der Waals surface area contributed by atoms with E-state index in [1.54, 1.807) is 0 Å². The number of carbonyl (C=O) groups excluding carboxylic acids is 2. The average Bonchev–Trinajstić information content (AvgIpc) is 2.71. The SMILES string of the molecule is CCNC(=O)C1CCCN(CC(=O)Nc2ccccc2Oc2ccc(C)cc2)C1. The number of likely N-dealkylation sites (tertiary alicyclic amines) is 1. The third-order valence-corrected chi connectivity index (χ3v) is 5.00. The Balaban J connectivity index is 1.59. The van der Waals surface area contributed by atoms with Crippen molar-refractivity contribution >= 4 is 17.5 Å². The molecule has 0 bridgehead atoms. The summed E-state index contributed by atoms with van der Waals surface area (Å²) in [7, 11) is 0. The number of nitrogens with one attached hydrogen (secondary N) is 2. The van der Waals surface area contributed by atoms with Crippen LogP contribution < -0.4 is 15.4 Å². The van der Waals surface area contributed by atoms with E-state index in [0.717, 1.165) is 30.7 Å². The van der Waals surface area contributed by atoms with Crippen molar-refractivity contribution < 1.29 is 14.3 Å². The van der Waals surface area contributed by atoms with Crippen LogP contribution in [0.2, 0.25) is 0 Å². The van der Waals surface area contributed by atoms with Crippen LogP contribution in [0.1, 0.15) is 25.3 Å². The van der Waals surface area contributed by atoms with E-state index in [1.165, 1.54) is 0 Å². The number of amides is 2. The van der Waals surface area contributed by atoms with Gasteiger partial charge in [-0.05, 0) is 57.5 Å². The number of ether oxygens (including phenoxy) is 1. The molecule has 0 aliphatic carbocycles. The third kappa shape index (κ3) is 6.06. The number of anilines is 1. The van der Waals surface area contributed by atoms with Crippen LogP contribution in [0.15, 0.2) is 48.5 Å². The number of carbonyl (C=O) groups is 2. The fraction of sp³-hybridized carbons (Fsp3) is 0.391. The van der Waals surface area contributed by atoms with E-state index in [9.17, 15) is 9.59 Å². The van der Waals surface area contributed by atoms with Gasteiger partial charge < -0.3 is 15.4 Å². The van der Waals surface area contributed by atoms with Crippen molar-refractivity contribution in [3.8, 4) is 11.5 Å². The molecular weight excluding hydrogens is 366 g/mol. The van der Waals surface area contributed by atoms with Crippen LogP contribution in [0.25, 0.3) is 0 Å².